The molecule has 6 heteroatoms. The van der Waals surface area contributed by atoms with Gasteiger partial charge in [-0.25, -0.2) is 0 Å². The summed E-state index contributed by atoms with van der Waals surface area (Å²) in [6, 6.07) is 0. The van der Waals surface area contributed by atoms with E-state index < -0.39 is 6.10 Å². The molecule has 0 fully saturated rings. The third-order valence-electron chi connectivity index (χ3n) is 16.5. The molecule has 0 N–H and O–H groups in total. The van der Waals surface area contributed by atoms with Gasteiger partial charge in [-0.05, 0) is 51.4 Å². The second-order valence-corrected chi connectivity index (χ2v) is 24.5. The van der Waals surface area contributed by atoms with E-state index in [-0.39, 0.29) is 31.1 Å². The van der Waals surface area contributed by atoms with Gasteiger partial charge in [0, 0.05) is 19.3 Å². The summed E-state index contributed by atoms with van der Waals surface area (Å²) in [6.45, 7) is 6.72. The monoisotopic (exact) mass is 1110 g/mol. The standard InChI is InChI=1S/C73H138O6/c1-4-7-10-13-16-19-22-25-28-30-32-33-34-35-36-37-38-39-40-41-42-44-45-48-51-54-57-60-63-66-72(75)78-69-70(68-77-71(74)65-62-59-56-53-50-47-27-24-21-18-15-12-9-6-3)79-73(76)67-64-61-58-55-52-49-46-43-31-29-26-23-20-17-14-11-8-5-2/h22,25,30,32,70H,4-21,23-24,26-29,31,33-69H2,1-3H3/b25-22-,32-30-. The van der Waals surface area contributed by atoms with E-state index in [1.807, 2.05) is 0 Å². The van der Waals surface area contributed by atoms with Crippen molar-refractivity contribution in [2.45, 2.75) is 412 Å². The zero-order valence-corrected chi connectivity index (χ0v) is 53.7. The summed E-state index contributed by atoms with van der Waals surface area (Å²) in [5, 5.41) is 0. The van der Waals surface area contributed by atoms with Crippen LogP contribution < -0.4 is 0 Å². The lowest BCUT2D eigenvalue weighted by molar-refractivity contribution is -0.167. The fourth-order valence-electron chi connectivity index (χ4n) is 11.1. The number of carbonyl (C=O) groups excluding carboxylic acids is 3. The second-order valence-electron chi connectivity index (χ2n) is 24.5. The lowest BCUT2D eigenvalue weighted by Crippen LogP contribution is -2.30. The number of allylic oxidation sites excluding steroid dienone is 4. The Morgan fingerprint density at radius 3 is 0.696 bits per heavy atom. The molecule has 1 unspecified atom stereocenters. The zero-order valence-electron chi connectivity index (χ0n) is 53.7. The zero-order chi connectivity index (χ0) is 57.1. The normalized spacial score (nSPS) is 12.1. The molecule has 0 aromatic carbocycles. The molecule has 79 heavy (non-hydrogen) atoms. The summed E-state index contributed by atoms with van der Waals surface area (Å²) in [4.78, 5) is 38.4. The third-order valence-corrected chi connectivity index (χ3v) is 16.5. The van der Waals surface area contributed by atoms with Gasteiger partial charge in [-0.1, -0.05) is 360 Å². The van der Waals surface area contributed by atoms with Crippen LogP contribution >= 0.6 is 0 Å². The lowest BCUT2D eigenvalue weighted by atomic mass is 10.0. The Kier molecular flexibility index (Phi) is 66.6. The molecule has 0 heterocycles. The third kappa shape index (κ3) is 66.6. The summed E-state index contributed by atoms with van der Waals surface area (Å²) >= 11 is 0. The van der Waals surface area contributed by atoms with Crippen molar-refractivity contribution in [1.82, 2.24) is 0 Å². The number of hydrogen-bond acceptors (Lipinski definition) is 6. The first kappa shape index (κ1) is 76.9. The summed E-state index contributed by atoms with van der Waals surface area (Å²) in [5.74, 6) is -0.828. The molecule has 0 bridgehead atoms. The highest BCUT2D eigenvalue weighted by Crippen LogP contribution is 2.19. The van der Waals surface area contributed by atoms with Gasteiger partial charge in [0.2, 0.25) is 0 Å². The Labute approximate surface area is 493 Å². The largest absolute Gasteiger partial charge is 0.462 e. The van der Waals surface area contributed by atoms with Crippen molar-refractivity contribution in [3.05, 3.63) is 24.3 Å². The Balaban J connectivity index is 4.18. The van der Waals surface area contributed by atoms with Crippen LogP contribution in [0.4, 0.5) is 0 Å². The van der Waals surface area contributed by atoms with Crippen molar-refractivity contribution in [3.8, 4) is 0 Å². The average Bonchev–Trinajstić information content (AvgIpc) is 3.45. The number of esters is 3. The maximum Gasteiger partial charge on any atom is 0.306 e. The minimum Gasteiger partial charge on any atom is -0.462 e. The van der Waals surface area contributed by atoms with Gasteiger partial charge in [0.05, 0.1) is 0 Å². The minimum atomic E-state index is -0.766. The molecule has 0 rings (SSSR count). The van der Waals surface area contributed by atoms with Crippen LogP contribution in [0.15, 0.2) is 24.3 Å². The molecular formula is C73H138O6. The van der Waals surface area contributed by atoms with Gasteiger partial charge >= 0.3 is 17.9 Å². The Hall–Kier alpha value is -2.11. The minimum absolute atomic E-state index is 0.0631. The van der Waals surface area contributed by atoms with E-state index in [1.54, 1.807) is 0 Å². The smallest absolute Gasteiger partial charge is 0.306 e. The molecule has 0 radical (unpaired) electrons. The number of ether oxygens (including phenoxy) is 3. The highest BCUT2D eigenvalue weighted by atomic mass is 16.6. The fourth-order valence-corrected chi connectivity index (χ4v) is 11.1. The maximum absolute atomic E-state index is 12.9. The maximum atomic E-state index is 12.9. The van der Waals surface area contributed by atoms with Crippen molar-refractivity contribution < 1.29 is 28.6 Å². The summed E-state index contributed by atoms with van der Waals surface area (Å²) in [6.07, 6.45) is 83.5. The van der Waals surface area contributed by atoms with E-state index in [1.165, 1.54) is 302 Å². The Bertz CT molecular complexity index is 1270. The van der Waals surface area contributed by atoms with Gasteiger partial charge in [-0.3, -0.25) is 14.4 Å². The van der Waals surface area contributed by atoms with Crippen molar-refractivity contribution in [2.75, 3.05) is 13.2 Å². The highest BCUT2D eigenvalue weighted by Gasteiger charge is 2.19. The average molecular weight is 1110 g/mol. The molecule has 0 amide bonds. The predicted molar refractivity (Wildman–Crippen MR) is 344 cm³/mol. The topological polar surface area (TPSA) is 78.9 Å². The van der Waals surface area contributed by atoms with Gasteiger partial charge in [0.25, 0.3) is 0 Å². The summed E-state index contributed by atoms with van der Waals surface area (Å²) < 4.78 is 17.0. The molecule has 0 saturated heterocycles. The Morgan fingerprint density at radius 2 is 0.456 bits per heavy atom. The van der Waals surface area contributed by atoms with E-state index in [4.69, 9.17) is 14.2 Å². The van der Waals surface area contributed by atoms with Crippen molar-refractivity contribution in [3.63, 3.8) is 0 Å². The van der Waals surface area contributed by atoms with E-state index in [0.717, 1.165) is 64.2 Å². The molecule has 1 atom stereocenters. The van der Waals surface area contributed by atoms with Crippen molar-refractivity contribution in [1.29, 1.82) is 0 Å². The van der Waals surface area contributed by atoms with Crippen LogP contribution in [-0.4, -0.2) is 37.2 Å². The van der Waals surface area contributed by atoms with E-state index in [0.29, 0.717) is 19.3 Å². The number of carbonyl (C=O) groups is 3. The number of unbranched alkanes of at least 4 members (excludes halogenated alkanes) is 52. The van der Waals surface area contributed by atoms with E-state index in [2.05, 4.69) is 45.1 Å². The van der Waals surface area contributed by atoms with Gasteiger partial charge < -0.3 is 14.2 Å². The first-order valence-electron chi connectivity index (χ1n) is 35.8. The van der Waals surface area contributed by atoms with E-state index >= 15 is 0 Å². The van der Waals surface area contributed by atoms with Gasteiger partial charge in [0.15, 0.2) is 6.10 Å². The molecule has 0 spiro atoms. The lowest BCUT2D eigenvalue weighted by Gasteiger charge is -2.18. The molecule has 0 aromatic heterocycles. The molecule has 0 aliphatic rings. The second kappa shape index (κ2) is 68.4. The predicted octanol–water partition coefficient (Wildman–Crippen LogP) is 24.6. The van der Waals surface area contributed by atoms with Crippen LogP contribution in [0.25, 0.3) is 0 Å². The quantitative estimate of drug-likeness (QED) is 0.0261. The van der Waals surface area contributed by atoms with Crippen molar-refractivity contribution in [2.24, 2.45) is 0 Å². The first-order valence-corrected chi connectivity index (χ1v) is 35.8. The van der Waals surface area contributed by atoms with Gasteiger partial charge in [-0.15, -0.1) is 0 Å². The molecular weight excluding hydrogens is 973 g/mol. The van der Waals surface area contributed by atoms with Gasteiger partial charge in [0.1, 0.15) is 13.2 Å². The first-order chi connectivity index (χ1) is 39.0. The summed E-state index contributed by atoms with van der Waals surface area (Å²) in [7, 11) is 0. The molecule has 466 valence electrons. The molecule has 0 aromatic rings. The van der Waals surface area contributed by atoms with Crippen LogP contribution in [-0.2, 0) is 28.6 Å². The fraction of sp³-hybridized carbons (Fsp3) is 0.904. The van der Waals surface area contributed by atoms with Crippen LogP contribution in [0.2, 0.25) is 0 Å². The SMILES string of the molecule is CCCCCCC/C=C\C/C=C\CCCCCCCCCCCCCCCCCCCC(=O)OCC(COC(=O)CCCCCCCCCCCCCCCC)OC(=O)CCCCCCCCCCCCCCCCCCCC. The van der Waals surface area contributed by atoms with Crippen LogP contribution in [0.5, 0.6) is 0 Å². The Morgan fingerprint density at radius 1 is 0.253 bits per heavy atom. The van der Waals surface area contributed by atoms with E-state index in [9.17, 15) is 14.4 Å². The van der Waals surface area contributed by atoms with Crippen molar-refractivity contribution >= 4 is 17.9 Å². The summed E-state index contributed by atoms with van der Waals surface area (Å²) in [5.41, 5.74) is 0. The highest BCUT2D eigenvalue weighted by molar-refractivity contribution is 5.71. The molecule has 0 aliphatic carbocycles. The molecule has 6 nitrogen and oxygen atoms in total. The number of hydrogen-bond donors (Lipinski definition) is 0. The van der Waals surface area contributed by atoms with Crippen LogP contribution in [0.1, 0.15) is 406 Å². The molecule has 0 aliphatic heterocycles. The van der Waals surface area contributed by atoms with Gasteiger partial charge in [-0.2, -0.15) is 0 Å². The van der Waals surface area contributed by atoms with Crippen LogP contribution in [0.3, 0.4) is 0 Å². The number of rotatable bonds is 67. The van der Waals surface area contributed by atoms with Crippen LogP contribution in [0, 0.1) is 0 Å². The molecule has 0 saturated carbocycles.